The molecule has 1 heterocycles. The number of anilines is 1. The van der Waals surface area contributed by atoms with E-state index in [2.05, 4.69) is 10.3 Å². The lowest BCUT2D eigenvalue weighted by Gasteiger charge is -2.10. The third-order valence-electron chi connectivity index (χ3n) is 4.04. The molecule has 0 fully saturated rings. The number of para-hydroxylation sites is 1. The minimum Gasteiger partial charge on any atom is -0.377 e. The van der Waals surface area contributed by atoms with Crippen LogP contribution in [-0.4, -0.2) is 17.5 Å². The van der Waals surface area contributed by atoms with Gasteiger partial charge in [-0.1, -0.05) is 30.3 Å². The average Bonchev–Trinajstić information content (AvgIpc) is 3.03. The van der Waals surface area contributed by atoms with Crippen LogP contribution in [0.2, 0.25) is 0 Å². The zero-order valence-electron chi connectivity index (χ0n) is 15.3. The molecule has 0 bridgehead atoms. The van der Waals surface area contributed by atoms with Crippen molar-refractivity contribution in [3.8, 4) is 0 Å². The van der Waals surface area contributed by atoms with E-state index in [4.69, 9.17) is 4.74 Å². The summed E-state index contributed by atoms with van der Waals surface area (Å²) in [5.74, 6) is -0.445. The number of aromatic nitrogens is 1. The molecule has 140 valence electrons. The number of ether oxygens (including phenoxy) is 1. The van der Waals surface area contributed by atoms with Gasteiger partial charge in [0.25, 0.3) is 5.91 Å². The van der Waals surface area contributed by atoms with Gasteiger partial charge in [-0.05, 0) is 37.6 Å². The lowest BCUT2D eigenvalue weighted by Crippen LogP contribution is -2.13. The highest BCUT2D eigenvalue weighted by Gasteiger charge is 2.17. The normalized spacial score (nSPS) is 10.8. The highest BCUT2D eigenvalue weighted by molar-refractivity contribution is 7.14. The van der Waals surface area contributed by atoms with E-state index in [1.807, 2.05) is 38.1 Å². The molecule has 0 saturated heterocycles. The molecule has 0 radical (unpaired) electrons. The summed E-state index contributed by atoms with van der Waals surface area (Å²) in [6.45, 7) is 4.82. The maximum Gasteiger partial charge on any atom is 0.267 e. The quantitative estimate of drug-likeness (QED) is 0.626. The van der Waals surface area contributed by atoms with Crippen LogP contribution < -0.4 is 5.32 Å². The van der Waals surface area contributed by atoms with E-state index in [1.54, 1.807) is 12.1 Å². The molecule has 0 aliphatic rings. The first-order valence-electron chi connectivity index (χ1n) is 8.74. The van der Waals surface area contributed by atoms with Crippen molar-refractivity contribution < 1.29 is 13.9 Å². The minimum absolute atomic E-state index is 0.181. The van der Waals surface area contributed by atoms with Crippen molar-refractivity contribution in [2.45, 2.75) is 26.9 Å². The van der Waals surface area contributed by atoms with E-state index < -0.39 is 0 Å². The van der Waals surface area contributed by atoms with Gasteiger partial charge in [0.15, 0.2) is 0 Å². The van der Waals surface area contributed by atoms with E-state index in [9.17, 15) is 9.18 Å². The summed E-state index contributed by atoms with van der Waals surface area (Å²) < 4.78 is 18.5. The molecule has 6 heteroatoms. The number of nitrogens with one attached hydrogen (secondary N) is 1. The molecule has 0 saturated carbocycles. The molecule has 0 unspecified atom stereocenters. The zero-order valence-corrected chi connectivity index (χ0v) is 16.1. The lowest BCUT2D eigenvalue weighted by atomic mass is 10.1. The number of hydrogen-bond donors (Lipinski definition) is 1. The highest BCUT2D eigenvalue weighted by Crippen LogP contribution is 2.24. The maximum atomic E-state index is 13.0. The summed E-state index contributed by atoms with van der Waals surface area (Å²) in [7, 11) is 0. The fourth-order valence-corrected chi connectivity index (χ4v) is 3.67. The standard InChI is InChI=1S/C21H21FN2O2S/c1-3-26-13-16-6-4-5-7-18(16)24-21(25)20-14(2)23-19(27-20)12-15-8-10-17(22)11-9-15/h4-11H,3,12-13H2,1-2H3,(H,24,25). The third-order valence-corrected chi connectivity index (χ3v) is 5.20. The molecule has 4 nitrogen and oxygen atoms in total. The minimum atomic E-state index is -0.264. The van der Waals surface area contributed by atoms with Crippen molar-refractivity contribution in [2.24, 2.45) is 0 Å². The second-order valence-corrected chi connectivity index (χ2v) is 7.16. The van der Waals surface area contributed by atoms with E-state index in [0.29, 0.717) is 30.2 Å². The Kier molecular flexibility index (Phi) is 6.32. The van der Waals surface area contributed by atoms with Crippen LogP contribution in [0.4, 0.5) is 10.1 Å². The van der Waals surface area contributed by atoms with E-state index in [1.165, 1.54) is 23.5 Å². The fraction of sp³-hybridized carbons (Fsp3) is 0.238. The van der Waals surface area contributed by atoms with Gasteiger partial charge in [0.2, 0.25) is 0 Å². The van der Waals surface area contributed by atoms with Crippen LogP contribution in [0, 0.1) is 12.7 Å². The Bertz CT molecular complexity index is 922. The summed E-state index contributed by atoms with van der Waals surface area (Å²) in [6, 6.07) is 13.9. The number of hydrogen-bond acceptors (Lipinski definition) is 4. The summed E-state index contributed by atoms with van der Waals surface area (Å²) in [4.78, 5) is 17.8. The second kappa shape index (κ2) is 8.88. The molecule has 1 amide bonds. The predicted octanol–water partition coefficient (Wildman–Crippen LogP) is 4.97. The van der Waals surface area contributed by atoms with Gasteiger partial charge in [-0.15, -0.1) is 11.3 Å². The van der Waals surface area contributed by atoms with Crippen LogP contribution in [0.1, 0.15) is 38.4 Å². The first kappa shape index (κ1) is 19.2. The third kappa shape index (κ3) is 4.99. The van der Waals surface area contributed by atoms with Crippen molar-refractivity contribution in [1.82, 2.24) is 4.98 Å². The highest BCUT2D eigenvalue weighted by atomic mass is 32.1. The van der Waals surface area contributed by atoms with Crippen molar-refractivity contribution in [2.75, 3.05) is 11.9 Å². The first-order valence-corrected chi connectivity index (χ1v) is 9.56. The molecule has 1 aromatic heterocycles. The molecule has 0 aliphatic carbocycles. The van der Waals surface area contributed by atoms with Crippen LogP contribution in [0.15, 0.2) is 48.5 Å². The van der Waals surface area contributed by atoms with Crippen molar-refractivity contribution in [1.29, 1.82) is 0 Å². The Balaban J connectivity index is 1.74. The Morgan fingerprint density at radius 1 is 1.19 bits per heavy atom. The first-order chi connectivity index (χ1) is 13.1. The molecule has 2 aromatic carbocycles. The Labute approximate surface area is 162 Å². The number of aryl methyl sites for hydroxylation is 1. The Morgan fingerprint density at radius 3 is 2.67 bits per heavy atom. The summed E-state index contributed by atoms with van der Waals surface area (Å²) >= 11 is 1.36. The predicted molar refractivity (Wildman–Crippen MR) is 106 cm³/mol. The van der Waals surface area contributed by atoms with Crippen LogP contribution in [0.25, 0.3) is 0 Å². The molecule has 3 rings (SSSR count). The molecular weight excluding hydrogens is 363 g/mol. The van der Waals surface area contributed by atoms with Gasteiger partial charge >= 0.3 is 0 Å². The van der Waals surface area contributed by atoms with Crippen LogP contribution >= 0.6 is 11.3 Å². The summed E-state index contributed by atoms with van der Waals surface area (Å²) in [5.41, 5.74) is 3.32. The number of benzene rings is 2. The SMILES string of the molecule is CCOCc1ccccc1NC(=O)c1sc(Cc2ccc(F)cc2)nc1C. The monoisotopic (exact) mass is 384 g/mol. The fourth-order valence-electron chi connectivity index (χ4n) is 2.67. The molecule has 0 aliphatic heterocycles. The van der Waals surface area contributed by atoms with Gasteiger partial charge in [0, 0.05) is 24.3 Å². The van der Waals surface area contributed by atoms with Crippen LogP contribution in [0.3, 0.4) is 0 Å². The number of carbonyl (C=O) groups is 1. The van der Waals surface area contributed by atoms with E-state index in [0.717, 1.165) is 21.8 Å². The van der Waals surface area contributed by atoms with E-state index in [-0.39, 0.29) is 11.7 Å². The summed E-state index contributed by atoms with van der Waals surface area (Å²) in [5, 5.41) is 3.79. The topological polar surface area (TPSA) is 51.2 Å². The second-order valence-electron chi connectivity index (χ2n) is 6.07. The van der Waals surface area contributed by atoms with Gasteiger partial charge < -0.3 is 10.1 Å². The molecule has 0 spiro atoms. The van der Waals surface area contributed by atoms with Crippen LogP contribution in [0.5, 0.6) is 0 Å². The molecule has 0 atom stereocenters. The van der Waals surface area contributed by atoms with Gasteiger partial charge in [0.1, 0.15) is 10.7 Å². The van der Waals surface area contributed by atoms with Gasteiger partial charge in [-0.25, -0.2) is 9.37 Å². The Morgan fingerprint density at radius 2 is 1.93 bits per heavy atom. The van der Waals surface area contributed by atoms with Crippen molar-refractivity contribution in [3.63, 3.8) is 0 Å². The molecular formula is C21H21FN2O2S. The van der Waals surface area contributed by atoms with Crippen LogP contribution in [-0.2, 0) is 17.8 Å². The van der Waals surface area contributed by atoms with Gasteiger partial charge in [-0.3, -0.25) is 4.79 Å². The lowest BCUT2D eigenvalue weighted by molar-refractivity contribution is 0.102. The number of nitrogens with zero attached hydrogens (tertiary/aromatic N) is 1. The zero-order chi connectivity index (χ0) is 19.2. The summed E-state index contributed by atoms with van der Waals surface area (Å²) in [6.07, 6.45) is 0.569. The molecule has 27 heavy (non-hydrogen) atoms. The van der Waals surface area contributed by atoms with Gasteiger partial charge in [0.05, 0.1) is 17.3 Å². The van der Waals surface area contributed by atoms with Crippen molar-refractivity contribution >= 4 is 22.9 Å². The Hall–Kier alpha value is -2.57. The van der Waals surface area contributed by atoms with Crippen molar-refractivity contribution in [3.05, 3.63) is 81.1 Å². The number of thiazole rings is 1. The van der Waals surface area contributed by atoms with Gasteiger partial charge in [-0.2, -0.15) is 0 Å². The molecule has 1 N–H and O–H groups in total. The largest absolute Gasteiger partial charge is 0.377 e. The smallest absolute Gasteiger partial charge is 0.267 e. The maximum absolute atomic E-state index is 13.0. The molecule has 3 aromatic rings. The average molecular weight is 384 g/mol. The number of rotatable bonds is 7. The number of halogens is 1. The number of carbonyl (C=O) groups excluding carboxylic acids is 1. The van der Waals surface area contributed by atoms with E-state index >= 15 is 0 Å². The number of amides is 1.